The minimum atomic E-state index is -0.213. The number of hydrogen-bond donors (Lipinski definition) is 1. The van der Waals surface area contributed by atoms with Crippen molar-refractivity contribution in [2.75, 3.05) is 19.5 Å². The molecule has 0 spiro atoms. The van der Waals surface area contributed by atoms with Gasteiger partial charge in [-0.1, -0.05) is 13.0 Å². The zero-order valence-corrected chi connectivity index (χ0v) is 15.6. The summed E-state index contributed by atoms with van der Waals surface area (Å²) in [4.78, 5) is 12.1. The van der Waals surface area contributed by atoms with E-state index in [0.29, 0.717) is 17.2 Å². The molecule has 0 aromatic heterocycles. The van der Waals surface area contributed by atoms with Crippen molar-refractivity contribution in [3.63, 3.8) is 0 Å². The molecule has 1 amide bonds. The van der Waals surface area contributed by atoms with E-state index in [2.05, 4.69) is 12.2 Å². The van der Waals surface area contributed by atoms with E-state index in [4.69, 9.17) is 14.2 Å². The van der Waals surface area contributed by atoms with Crippen LogP contribution in [0.4, 0.5) is 5.69 Å². The first-order valence-corrected chi connectivity index (χ1v) is 8.53. The van der Waals surface area contributed by atoms with Crippen molar-refractivity contribution in [2.24, 2.45) is 0 Å². The van der Waals surface area contributed by atoms with Crippen LogP contribution >= 0.6 is 0 Å². The second kappa shape index (κ2) is 9.51. The predicted molar refractivity (Wildman–Crippen MR) is 104 cm³/mol. The highest BCUT2D eigenvalue weighted by Crippen LogP contribution is 2.28. The van der Waals surface area contributed by atoms with Crippen molar-refractivity contribution in [3.8, 4) is 17.2 Å². The number of benzene rings is 2. The van der Waals surface area contributed by atoms with Crippen LogP contribution in [0.25, 0.3) is 6.08 Å². The zero-order chi connectivity index (χ0) is 18.9. The molecule has 0 aliphatic rings. The Hall–Kier alpha value is -2.95. The third kappa shape index (κ3) is 5.55. The molecule has 0 saturated heterocycles. The molecule has 1 unspecified atom stereocenters. The molecule has 0 heterocycles. The van der Waals surface area contributed by atoms with Crippen LogP contribution in [0.3, 0.4) is 0 Å². The van der Waals surface area contributed by atoms with E-state index in [-0.39, 0.29) is 12.0 Å². The van der Waals surface area contributed by atoms with Crippen LogP contribution in [0.15, 0.2) is 48.5 Å². The first-order valence-electron chi connectivity index (χ1n) is 8.53. The van der Waals surface area contributed by atoms with Crippen LogP contribution in [0.2, 0.25) is 0 Å². The van der Waals surface area contributed by atoms with Crippen molar-refractivity contribution in [2.45, 2.75) is 26.4 Å². The SMILES string of the molecule is CCC(C)Oc1ccc(NC(=O)/C=C/c2ccc(OC)c(OC)c2)cc1. The molecule has 2 rings (SSSR count). The highest BCUT2D eigenvalue weighted by atomic mass is 16.5. The number of carbonyl (C=O) groups excluding carboxylic acids is 1. The molecule has 26 heavy (non-hydrogen) atoms. The fourth-order valence-corrected chi connectivity index (χ4v) is 2.24. The van der Waals surface area contributed by atoms with Crippen LogP contribution in [-0.4, -0.2) is 26.2 Å². The fourth-order valence-electron chi connectivity index (χ4n) is 2.24. The van der Waals surface area contributed by atoms with Gasteiger partial charge in [0.1, 0.15) is 5.75 Å². The minimum Gasteiger partial charge on any atom is -0.493 e. The summed E-state index contributed by atoms with van der Waals surface area (Å²) in [5.41, 5.74) is 1.55. The van der Waals surface area contributed by atoms with Gasteiger partial charge >= 0.3 is 0 Å². The van der Waals surface area contributed by atoms with Crippen LogP contribution in [-0.2, 0) is 4.79 Å². The quantitative estimate of drug-likeness (QED) is 0.707. The number of anilines is 1. The summed E-state index contributed by atoms with van der Waals surface area (Å²) in [6, 6.07) is 12.8. The van der Waals surface area contributed by atoms with Crippen molar-refractivity contribution < 1.29 is 19.0 Å². The molecular formula is C21H25NO4. The monoisotopic (exact) mass is 355 g/mol. The van der Waals surface area contributed by atoms with Crippen molar-refractivity contribution >= 4 is 17.7 Å². The Morgan fingerprint density at radius 1 is 1.08 bits per heavy atom. The molecule has 0 aliphatic carbocycles. The molecule has 0 radical (unpaired) electrons. The van der Waals surface area contributed by atoms with E-state index in [9.17, 15) is 4.79 Å². The Kier molecular flexibility index (Phi) is 7.09. The molecule has 0 fully saturated rings. The predicted octanol–water partition coefficient (Wildman–Crippen LogP) is 4.53. The molecule has 138 valence electrons. The number of methoxy groups -OCH3 is 2. The molecule has 0 bridgehead atoms. The topological polar surface area (TPSA) is 56.8 Å². The molecule has 5 heteroatoms. The van der Waals surface area contributed by atoms with Crippen LogP contribution < -0.4 is 19.5 Å². The molecule has 2 aromatic carbocycles. The average Bonchev–Trinajstić information content (AvgIpc) is 2.67. The van der Waals surface area contributed by atoms with Gasteiger partial charge in [-0.2, -0.15) is 0 Å². The molecule has 2 aromatic rings. The summed E-state index contributed by atoms with van der Waals surface area (Å²) in [7, 11) is 3.16. The average molecular weight is 355 g/mol. The highest BCUT2D eigenvalue weighted by Gasteiger charge is 2.04. The van der Waals surface area contributed by atoms with Crippen molar-refractivity contribution in [1.82, 2.24) is 0 Å². The first kappa shape index (κ1) is 19.4. The Morgan fingerprint density at radius 3 is 2.38 bits per heavy atom. The van der Waals surface area contributed by atoms with Gasteiger partial charge in [0.25, 0.3) is 0 Å². The smallest absolute Gasteiger partial charge is 0.248 e. The van der Waals surface area contributed by atoms with Crippen LogP contribution in [0.1, 0.15) is 25.8 Å². The summed E-state index contributed by atoms with van der Waals surface area (Å²) in [6.45, 7) is 4.10. The maximum Gasteiger partial charge on any atom is 0.248 e. The minimum absolute atomic E-state index is 0.167. The lowest BCUT2D eigenvalue weighted by Crippen LogP contribution is -2.10. The molecule has 1 N–H and O–H groups in total. The van der Waals surface area contributed by atoms with Gasteiger partial charge < -0.3 is 19.5 Å². The maximum absolute atomic E-state index is 12.1. The van der Waals surface area contributed by atoms with Gasteiger partial charge in [0.2, 0.25) is 5.91 Å². The second-order valence-electron chi connectivity index (χ2n) is 5.80. The summed E-state index contributed by atoms with van der Waals surface area (Å²) in [5.74, 6) is 1.84. The molecule has 1 atom stereocenters. The van der Waals surface area contributed by atoms with Crippen molar-refractivity contribution in [1.29, 1.82) is 0 Å². The number of hydrogen-bond acceptors (Lipinski definition) is 4. The lowest BCUT2D eigenvalue weighted by molar-refractivity contribution is -0.111. The summed E-state index contributed by atoms with van der Waals surface area (Å²) in [6.07, 6.45) is 4.31. The Morgan fingerprint density at radius 2 is 1.77 bits per heavy atom. The number of carbonyl (C=O) groups is 1. The first-order chi connectivity index (χ1) is 12.5. The maximum atomic E-state index is 12.1. The Balaban J connectivity index is 1.96. The van der Waals surface area contributed by atoms with Gasteiger partial charge in [0, 0.05) is 11.8 Å². The van der Waals surface area contributed by atoms with Gasteiger partial charge in [-0.3, -0.25) is 4.79 Å². The van der Waals surface area contributed by atoms with Gasteiger partial charge in [-0.25, -0.2) is 0 Å². The fraction of sp³-hybridized carbons (Fsp3) is 0.286. The van der Waals surface area contributed by atoms with Crippen molar-refractivity contribution in [3.05, 3.63) is 54.1 Å². The van der Waals surface area contributed by atoms with E-state index in [1.165, 1.54) is 6.08 Å². The summed E-state index contributed by atoms with van der Waals surface area (Å²) >= 11 is 0. The largest absolute Gasteiger partial charge is 0.493 e. The number of ether oxygens (including phenoxy) is 3. The standard InChI is InChI=1S/C21H25NO4/c1-5-15(2)26-18-10-8-17(9-11-18)22-21(23)13-7-16-6-12-19(24-3)20(14-16)25-4/h6-15H,5H2,1-4H3,(H,22,23)/b13-7+. The van der Waals surface area contributed by atoms with E-state index >= 15 is 0 Å². The second-order valence-corrected chi connectivity index (χ2v) is 5.80. The lowest BCUT2D eigenvalue weighted by atomic mass is 10.2. The normalized spacial score (nSPS) is 11.8. The van der Waals surface area contributed by atoms with E-state index < -0.39 is 0 Å². The van der Waals surface area contributed by atoms with Gasteiger partial charge in [0.05, 0.1) is 20.3 Å². The Labute approximate surface area is 154 Å². The lowest BCUT2D eigenvalue weighted by Gasteiger charge is -2.12. The molecule has 0 aliphatic heterocycles. The zero-order valence-electron chi connectivity index (χ0n) is 15.6. The third-order valence-electron chi connectivity index (χ3n) is 3.87. The van der Waals surface area contributed by atoms with Crippen LogP contribution in [0.5, 0.6) is 17.2 Å². The Bertz CT molecular complexity index is 753. The van der Waals surface area contributed by atoms with Crippen LogP contribution in [0, 0.1) is 0 Å². The molecule has 0 saturated carbocycles. The number of nitrogens with one attached hydrogen (secondary N) is 1. The van der Waals surface area contributed by atoms with E-state index in [1.807, 2.05) is 43.3 Å². The van der Waals surface area contributed by atoms with E-state index in [1.54, 1.807) is 26.4 Å². The van der Waals surface area contributed by atoms with Gasteiger partial charge in [0.15, 0.2) is 11.5 Å². The van der Waals surface area contributed by atoms with Gasteiger partial charge in [-0.15, -0.1) is 0 Å². The van der Waals surface area contributed by atoms with Gasteiger partial charge in [-0.05, 0) is 61.4 Å². The number of rotatable bonds is 8. The highest BCUT2D eigenvalue weighted by molar-refractivity contribution is 6.01. The molecular weight excluding hydrogens is 330 g/mol. The van der Waals surface area contributed by atoms with E-state index in [0.717, 1.165) is 17.7 Å². The number of amides is 1. The third-order valence-corrected chi connectivity index (χ3v) is 3.87. The summed E-state index contributed by atoms with van der Waals surface area (Å²) < 4.78 is 16.2. The molecule has 5 nitrogen and oxygen atoms in total. The summed E-state index contributed by atoms with van der Waals surface area (Å²) in [5, 5.41) is 2.82.